The van der Waals surface area contributed by atoms with Crippen molar-refractivity contribution in [3.63, 3.8) is 0 Å². The van der Waals surface area contributed by atoms with Crippen LogP contribution in [0.25, 0.3) is 0 Å². The number of hydrogen-bond donors (Lipinski definition) is 0. The molecule has 4 fully saturated rings. The summed E-state index contributed by atoms with van der Waals surface area (Å²) < 4.78 is 16.3. The summed E-state index contributed by atoms with van der Waals surface area (Å²) in [6, 6.07) is 0. The molecule has 5 nitrogen and oxygen atoms in total. The smallest absolute Gasteiger partial charge is 0.790 e. The van der Waals surface area contributed by atoms with Crippen LogP contribution in [0.2, 0.25) is 0 Å². The minimum Gasteiger partial charge on any atom is -0.790 e. The molecule has 8 atom stereocenters. The number of carbonyl (C=O) groups excluding carboxylic acids is 1. The summed E-state index contributed by atoms with van der Waals surface area (Å²) in [5.74, 6) is 2.98. The third-order valence-electron chi connectivity index (χ3n) is 9.76. The van der Waals surface area contributed by atoms with Crippen molar-refractivity contribution in [2.24, 2.45) is 40.4 Å². The third-order valence-corrected chi connectivity index (χ3v) is 10.4. The average molecular weight is 456 g/mol. The molecule has 4 saturated carbocycles. The Morgan fingerprint density at radius 1 is 0.900 bits per heavy atom. The minimum absolute atomic E-state index is 0. The van der Waals surface area contributed by atoms with Gasteiger partial charge in [0.2, 0.25) is 0 Å². The first-order valence-corrected chi connectivity index (χ1v) is 12.6. The van der Waals surface area contributed by atoms with Crippen LogP contribution >= 0.6 is 7.82 Å². The van der Waals surface area contributed by atoms with Gasteiger partial charge in [0.1, 0.15) is 5.78 Å². The van der Waals surface area contributed by atoms with Crippen LogP contribution in [0.5, 0.6) is 0 Å². The summed E-state index contributed by atoms with van der Waals surface area (Å²) in [5, 5.41) is 0. The van der Waals surface area contributed by atoms with Gasteiger partial charge in [-0.05, 0) is 106 Å². The number of rotatable bonds is 3. The van der Waals surface area contributed by atoms with Gasteiger partial charge in [0.15, 0.2) is 0 Å². The Hall–Kier alpha value is 1.78. The number of hydrogen-bond acceptors (Lipinski definition) is 5. The van der Waals surface area contributed by atoms with Crippen LogP contribution in [0.15, 0.2) is 0 Å². The molecular formula is C22H35Na2O5P. The number of carbonyl (C=O) groups is 1. The maximum atomic E-state index is 12.3. The molecule has 160 valence electrons. The third kappa shape index (κ3) is 4.79. The summed E-state index contributed by atoms with van der Waals surface area (Å²) in [6.07, 6.45) is 9.01. The van der Waals surface area contributed by atoms with E-state index in [2.05, 4.69) is 13.8 Å². The van der Waals surface area contributed by atoms with E-state index in [4.69, 9.17) is 4.52 Å². The zero-order valence-electron chi connectivity index (χ0n) is 19.7. The van der Waals surface area contributed by atoms with Crippen molar-refractivity contribution >= 4 is 13.6 Å². The number of ketones is 1. The van der Waals surface area contributed by atoms with E-state index in [9.17, 15) is 19.1 Å². The fraction of sp³-hybridized carbons (Fsp3) is 0.955. The standard InChI is InChI=1S/C22H37O5P.2Na/c1-14(23)17-7-8-18-16-6-5-15-13-20(2,27-28(24,25)26)11-12-21(15,3)19(16)9-10-22(17,18)4;;/h15-19H,5-13H2,1-4H3,(H2,24,25,26);;/q;2*+1/p-2/t15-,16-,17+,18-,19-,20+,21-,22+;;/m0../s1. The zero-order valence-corrected chi connectivity index (χ0v) is 24.6. The number of Topliss-reactive ketones (excluding diaryl/α,β-unsaturated/α-hetero) is 1. The molecule has 4 aliphatic carbocycles. The predicted molar refractivity (Wildman–Crippen MR) is 103 cm³/mol. The molecule has 0 unspecified atom stereocenters. The Balaban J connectivity index is 0.00000160. The fourth-order valence-corrected chi connectivity index (χ4v) is 9.14. The quantitative estimate of drug-likeness (QED) is 0.357. The molecule has 0 amide bonds. The van der Waals surface area contributed by atoms with Gasteiger partial charge < -0.3 is 18.9 Å². The summed E-state index contributed by atoms with van der Waals surface area (Å²) in [7, 11) is -4.97. The van der Waals surface area contributed by atoms with Gasteiger partial charge in [-0.2, -0.15) is 0 Å². The topological polar surface area (TPSA) is 89.5 Å². The maximum absolute atomic E-state index is 12.3. The molecule has 0 heterocycles. The van der Waals surface area contributed by atoms with E-state index in [1.807, 2.05) is 0 Å². The SMILES string of the molecule is CC(=O)[C@H]1CC[C@H]2[C@@H]3CC[C@H]4C[C@](C)(OP(=O)([O-])[O-])CC[C@]4(C)[C@H]3CC[C@]12C.[Na+].[Na+]. The van der Waals surface area contributed by atoms with Crippen molar-refractivity contribution in [3.05, 3.63) is 0 Å². The first kappa shape index (κ1) is 28.0. The predicted octanol–water partition coefficient (Wildman–Crippen LogP) is -2.15. The van der Waals surface area contributed by atoms with Gasteiger partial charge in [0.05, 0.1) is 13.4 Å². The molecule has 0 aromatic rings. The molecule has 0 aromatic heterocycles. The van der Waals surface area contributed by atoms with Gasteiger partial charge in [-0.25, -0.2) is 0 Å². The zero-order chi connectivity index (χ0) is 20.5. The molecule has 0 saturated heterocycles. The second kappa shape index (κ2) is 9.44. The molecule has 0 bridgehead atoms. The minimum atomic E-state index is -4.97. The molecular weight excluding hydrogens is 421 g/mol. The van der Waals surface area contributed by atoms with E-state index in [1.54, 1.807) is 13.8 Å². The van der Waals surface area contributed by atoms with Crippen molar-refractivity contribution in [1.82, 2.24) is 0 Å². The summed E-state index contributed by atoms with van der Waals surface area (Å²) in [6.45, 7) is 8.35. The van der Waals surface area contributed by atoms with Gasteiger partial charge in [-0.1, -0.05) is 13.8 Å². The van der Waals surface area contributed by atoms with E-state index in [0.29, 0.717) is 42.3 Å². The van der Waals surface area contributed by atoms with Crippen LogP contribution in [0.3, 0.4) is 0 Å². The van der Waals surface area contributed by atoms with Gasteiger partial charge >= 0.3 is 59.1 Å². The van der Waals surface area contributed by atoms with E-state index >= 15 is 0 Å². The second-order valence-corrected chi connectivity index (χ2v) is 12.2. The van der Waals surface area contributed by atoms with Crippen LogP contribution in [0, 0.1) is 40.4 Å². The summed E-state index contributed by atoms with van der Waals surface area (Å²) in [5.41, 5.74) is -0.482. The summed E-state index contributed by atoms with van der Waals surface area (Å²) >= 11 is 0. The van der Waals surface area contributed by atoms with Gasteiger partial charge in [0.25, 0.3) is 0 Å². The molecule has 4 aliphatic rings. The normalized spacial score (nSPS) is 47.7. The van der Waals surface area contributed by atoms with E-state index in [-0.39, 0.29) is 75.9 Å². The van der Waals surface area contributed by atoms with Crippen LogP contribution < -0.4 is 68.9 Å². The molecule has 4 rings (SSSR count). The van der Waals surface area contributed by atoms with Gasteiger partial charge in [-0.3, -0.25) is 4.79 Å². The second-order valence-electron chi connectivity index (χ2n) is 11.1. The first-order chi connectivity index (χ1) is 12.9. The Morgan fingerprint density at radius 3 is 2.13 bits per heavy atom. The van der Waals surface area contributed by atoms with Crippen molar-refractivity contribution in [2.75, 3.05) is 0 Å². The van der Waals surface area contributed by atoms with E-state index in [1.165, 1.54) is 12.8 Å². The Labute approximate surface area is 226 Å². The Morgan fingerprint density at radius 2 is 1.53 bits per heavy atom. The van der Waals surface area contributed by atoms with Crippen LogP contribution in [-0.2, 0) is 13.9 Å². The monoisotopic (exact) mass is 456 g/mol. The van der Waals surface area contributed by atoms with Gasteiger partial charge in [-0.15, -0.1) is 0 Å². The Bertz CT molecular complexity index is 714. The molecule has 0 aliphatic heterocycles. The van der Waals surface area contributed by atoms with Gasteiger partial charge in [0, 0.05) is 5.92 Å². The van der Waals surface area contributed by atoms with Crippen molar-refractivity contribution < 1.29 is 82.8 Å². The largest absolute Gasteiger partial charge is 1.00 e. The maximum Gasteiger partial charge on any atom is 1.00 e. The van der Waals surface area contributed by atoms with Crippen LogP contribution in [-0.4, -0.2) is 11.4 Å². The molecule has 8 heteroatoms. The molecule has 0 spiro atoms. The number of fused-ring (bicyclic) bond motifs is 5. The van der Waals surface area contributed by atoms with Crippen molar-refractivity contribution in [3.8, 4) is 0 Å². The van der Waals surface area contributed by atoms with Crippen molar-refractivity contribution in [1.29, 1.82) is 0 Å². The van der Waals surface area contributed by atoms with E-state index in [0.717, 1.165) is 32.1 Å². The molecule has 0 N–H and O–H groups in total. The summed E-state index contributed by atoms with van der Waals surface area (Å²) in [4.78, 5) is 34.7. The number of phosphoric ester groups is 1. The van der Waals surface area contributed by atoms with Crippen LogP contribution in [0.4, 0.5) is 0 Å². The van der Waals surface area contributed by atoms with Crippen LogP contribution in [0.1, 0.15) is 85.5 Å². The fourth-order valence-electron chi connectivity index (χ4n) is 8.44. The van der Waals surface area contributed by atoms with Crippen molar-refractivity contribution in [2.45, 2.75) is 91.1 Å². The van der Waals surface area contributed by atoms with E-state index < -0.39 is 13.4 Å². The molecule has 30 heavy (non-hydrogen) atoms. The first-order valence-electron chi connectivity index (χ1n) is 11.1. The Kier molecular flexibility index (Phi) is 8.82. The molecule has 0 aromatic carbocycles. The molecule has 0 radical (unpaired) electrons. The number of phosphoric acid groups is 1. The average Bonchev–Trinajstić information content (AvgIpc) is 2.91.